The number of carbonyl (C=O) groups is 2. The van der Waals surface area contributed by atoms with Crippen molar-refractivity contribution in [3.8, 4) is 17.2 Å². The summed E-state index contributed by atoms with van der Waals surface area (Å²) in [5, 5.41) is 2.75. The molecule has 0 saturated carbocycles. The molecule has 1 aliphatic heterocycles. The van der Waals surface area contributed by atoms with Crippen LogP contribution in [-0.2, 0) is 16.0 Å². The Bertz CT molecular complexity index is 918. The van der Waals surface area contributed by atoms with E-state index in [0.29, 0.717) is 49.1 Å². The SMILES string of the molecule is COc1cc(CC(=O)N2CCN(CC(=O)Nc3ccc(F)cc3)CC2)cc(OC)c1OC. The number of hydrogen-bond donors (Lipinski definition) is 1. The second kappa shape index (κ2) is 10.8. The van der Waals surface area contributed by atoms with E-state index >= 15 is 0 Å². The zero-order valence-electron chi connectivity index (χ0n) is 18.5. The Balaban J connectivity index is 1.51. The fourth-order valence-electron chi connectivity index (χ4n) is 3.62. The summed E-state index contributed by atoms with van der Waals surface area (Å²) in [6.45, 7) is 2.47. The van der Waals surface area contributed by atoms with E-state index in [0.717, 1.165) is 5.56 Å². The van der Waals surface area contributed by atoms with Crippen LogP contribution in [0, 0.1) is 5.82 Å². The van der Waals surface area contributed by atoms with Crippen LogP contribution in [-0.4, -0.2) is 75.7 Å². The molecule has 1 fully saturated rings. The van der Waals surface area contributed by atoms with Crippen molar-refractivity contribution in [2.75, 3.05) is 59.4 Å². The average Bonchev–Trinajstić information content (AvgIpc) is 2.80. The number of ether oxygens (including phenoxy) is 3. The number of nitrogens with one attached hydrogen (secondary N) is 1. The third kappa shape index (κ3) is 5.88. The molecule has 1 saturated heterocycles. The number of benzene rings is 2. The minimum absolute atomic E-state index is 0.00492. The summed E-state index contributed by atoms with van der Waals surface area (Å²) in [4.78, 5) is 28.8. The maximum absolute atomic E-state index is 13.0. The molecule has 0 unspecified atom stereocenters. The van der Waals surface area contributed by atoms with E-state index < -0.39 is 0 Å². The number of halogens is 1. The Morgan fingerprint density at radius 2 is 1.53 bits per heavy atom. The van der Waals surface area contributed by atoms with Crippen molar-refractivity contribution in [3.63, 3.8) is 0 Å². The number of piperazine rings is 1. The molecule has 0 spiro atoms. The molecule has 2 aromatic rings. The van der Waals surface area contributed by atoms with Crippen LogP contribution in [0.5, 0.6) is 17.2 Å². The van der Waals surface area contributed by atoms with Crippen LogP contribution in [0.15, 0.2) is 36.4 Å². The largest absolute Gasteiger partial charge is 0.493 e. The molecule has 0 aromatic heterocycles. The molecule has 32 heavy (non-hydrogen) atoms. The maximum Gasteiger partial charge on any atom is 0.238 e. The monoisotopic (exact) mass is 445 g/mol. The lowest BCUT2D eigenvalue weighted by Gasteiger charge is -2.34. The molecule has 2 aromatic carbocycles. The second-order valence-corrected chi connectivity index (χ2v) is 7.42. The van der Waals surface area contributed by atoms with Crippen LogP contribution in [0.1, 0.15) is 5.56 Å². The van der Waals surface area contributed by atoms with Gasteiger partial charge in [0.05, 0.1) is 34.3 Å². The highest BCUT2D eigenvalue weighted by Crippen LogP contribution is 2.38. The number of methoxy groups -OCH3 is 3. The van der Waals surface area contributed by atoms with Crippen LogP contribution in [0.25, 0.3) is 0 Å². The predicted molar refractivity (Wildman–Crippen MR) is 118 cm³/mol. The molecule has 0 bridgehead atoms. The third-order valence-electron chi connectivity index (χ3n) is 5.30. The van der Waals surface area contributed by atoms with Gasteiger partial charge in [-0.2, -0.15) is 0 Å². The van der Waals surface area contributed by atoms with Gasteiger partial charge in [-0.15, -0.1) is 0 Å². The Kier molecular flexibility index (Phi) is 7.88. The molecule has 1 N–H and O–H groups in total. The quantitative estimate of drug-likeness (QED) is 0.671. The van der Waals surface area contributed by atoms with Crippen LogP contribution >= 0.6 is 0 Å². The smallest absolute Gasteiger partial charge is 0.238 e. The first-order valence-corrected chi connectivity index (χ1v) is 10.3. The number of anilines is 1. The predicted octanol–water partition coefficient (Wildman–Crippen LogP) is 2.18. The van der Waals surface area contributed by atoms with Crippen LogP contribution in [0.2, 0.25) is 0 Å². The van der Waals surface area contributed by atoms with Gasteiger partial charge in [0, 0.05) is 31.9 Å². The van der Waals surface area contributed by atoms with E-state index in [4.69, 9.17) is 14.2 Å². The van der Waals surface area contributed by atoms with Gasteiger partial charge in [-0.3, -0.25) is 14.5 Å². The Hall–Kier alpha value is -3.33. The summed E-state index contributed by atoms with van der Waals surface area (Å²) in [6.07, 6.45) is 0.210. The normalized spacial score (nSPS) is 14.1. The topological polar surface area (TPSA) is 80.3 Å². The van der Waals surface area contributed by atoms with E-state index in [1.54, 1.807) is 17.0 Å². The zero-order chi connectivity index (χ0) is 23.1. The van der Waals surface area contributed by atoms with Gasteiger partial charge < -0.3 is 24.4 Å². The van der Waals surface area contributed by atoms with E-state index in [1.807, 2.05) is 4.90 Å². The zero-order valence-corrected chi connectivity index (χ0v) is 18.5. The molecule has 2 amide bonds. The van der Waals surface area contributed by atoms with Crippen molar-refractivity contribution in [1.29, 1.82) is 0 Å². The summed E-state index contributed by atoms with van der Waals surface area (Å²) < 4.78 is 29.0. The first kappa shape index (κ1) is 23.3. The Morgan fingerprint density at radius 1 is 0.938 bits per heavy atom. The van der Waals surface area contributed by atoms with E-state index in [2.05, 4.69) is 5.32 Å². The van der Waals surface area contributed by atoms with Crippen molar-refractivity contribution in [1.82, 2.24) is 9.80 Å². The number of carbonyl (C=O) groups excluding carboxylic acids is 2. The van der Waals surface area contributed by atoms with Crippen molar-refractivity contribution in [2.24, 2.45) is 0 Å². The molecule has 0 radical (unpaired) electrons. The molecule has 3 rings (SSSR count). The lowest BCUT2D eigenvalue weighted by atomic mass is 10.1. The highest BCUT2D eigenvalue weighted by atomic mass is 19.1. The Labute approximate surface area is 186 Å². The van der Waals surface area contributed by atoms with Gasteiger partial charge in [0.15, 0.2) is 11.5 Å². The summed E-state index contributed by atoms with van der Waals surface area (Å²) in [7, 11) is 4.60. The minimum Gasteiger partial charge on any atom is -0.493 e. The molecule has 1 heterocycles. The summed E-state index contributed by atoms with van der Waals surface area (Å²) in [5.41, 5.74) is 1.32. The number of hydrogen-bond acceptors (Lipinski definition) is 6. The second-order valence-electron chi connectivity index (χ2n) is 7.42. The van der Waals surface area contributed by atoms with Gasteiger partial charge in [0.2, 0.25) is 17.6 Å². The standard InChI is InChI=1S/C23H28FN3O5/c1-30-19-12-16(13-20(31-2)23(19)32-3)14-22(29)27-10-8-26(9-11-27)15-21(28)25-18-6-4-17(24)5-7-18/h4-7,12-13H,8-11,14-15H2,1-3H3,(H,25,28). The molecule has 1 aliphatic rings. The van der Waals surface area contributed by atoms with E-state index in [9.17, 15) is 14.0 Å². The van der Waals surface area contributed by atoms with Crippen LogP contribution in [0.3, 0.4) is 0 Å². The van der Waals surface area contributed by atoms with Gasteiger partial charge in [0.25, 0.3) is 0 Å². The molecule has 9 heteroatoms. The lowest BCUT2D eigenvalue weighted by Crippen LogP contribution is -2.50. The summed E-state index contributed by atoms with van der Waals surface area (Å²) in [6, 6.07) is 9.19. The van der Waals surface area contributed by atoms with Crippen molar-refractivity contribution < 1.29 is 28.2 Å². The summed E-state index contributed by atoms with van der Waals surface area (Å²) in [5.74, 6) is 0.968. The number of amides is 2. The van der Waals surface area contributed by atoms with Gasteiger partial charge in [-0.25, -0.2) is 4.39 Å². The fourth-order valence-corrected chi connectivity index (χ4v) is 3.62. The van der Waals surface area contributed by atoms with Gasteiger partial charge >= 0.3 is 0 Å². The maximum atomic E-state index is 13.0. The minimum atomic E-state index is -0.352. The molecule has 0 atom stereocenters. The van der Waals surface area contributed by atoms with Gasteiger partial charge in [0.1, 0.15) is 5.82 Å². The molecule has 0 aliphatic carbocycles. The van der Waals surface area contributed by atoms with Crippen molar-refractivity contribution >= 4 is 17.5 Å². The van der Waals surface area contributed by atoms with Crippen LogP contribution < -0.4 is 19.5 Å². The molecular weight excluding hydrogens is 417 g/mol. The van der Waals surface area contributed by atoms with Gasteiger partial charge in [-0.05, 0) is 42.0 Å². The molecule has 172 valence electrons. The highest BCUT2D eigenvalue weighted by Gasteiger charge is 2.23. The molecule has 8 nitrogen and oxygen atoms in total. The number of nitrogens with zero attached hydrogens (tertiary/aromatic N) is 2. The van der Waals surface area contributed by atoms with Crippen LogP contribution in [0.4, 0.5) is 10.1 Å². The Morgan fingerprint density at radius 3 is 2.06 bits per heavy atom. The van der Waals surface area contributed by atoms with Crippen molar-refractivity contribution in [2.45, 2.75) is 6.42 Å². The molecular formula is C23H28FN3O5. The van der Waals surface area contributed by atoms with Gasteiger partial charge in [-0.1, -0.05) is 0 Å². The first-order chi connectivity index (χ1) is 15.4. The van der Waals surface area contributed by atoms with Crippen molar-refractivity contribution in [3.05, 3.63) is 47.8 Å². The lowest BCUT2D eigenvalue weighted by molar-refractivity contribution is -0.132. The summed E-state index contributed by atoms with van der Waals surface area (Å²) >= 11 is 0. The van der Waals surface area contributed by atoms with E-state index in [-0.39, 0.29) is 30.6 Å². The average molecular weight is 445 g/mol. The first-order valence-electron chi connectivity index (χ1n) is 10.3. The number of rotatable bonds is 8. The van der Waals surface area contributed by atoms with E-state index in [1.165, 1.54) is 45.6 Å². The third-order valence-corrected chi connectivity index (χ3v) is 5.30. The highest BCUT2D eigenvalue weighted by molar-refractivity contribution is 5.92. The fraction of sp³-hybridized carbons (Fsp3) is 0.391.